The van der Waals surface area contributed by atoms with Crippen LogP contribution in [0.5, 0.6) is 0 Å². The Hall–Kier alpha value is -1.37. The summed E-state index contributed by atoms with van der Waals surface area (Å²) in [5.41, 5.74) is 1.63. The van der Waals surface area contributed by atoms with Gasteiger partial charge in [0.15, 0.2) is 0 Å². The van der Waals surface area contributed by atoms with Crippen LogP contribution in [0, 0.1) is 0 Å². The molecule has 1 unspecified atom stereocenters. The molecule has 0 aliphatic carbocycles. The van der Waals surface area contributed by atoms with Gasteiger partial charge in [0, 0.05) is 13.5 Å². The number of hydrogen-bond acceptors (Lipinski definition) is 3. The van der Waals surface area contributed by atoms with Crippen LogP contribution < -0.4 is 5.32 Å². The van der Waals surface area contributed by atoms with Crippen molar-refractivity contribution in [2.45, 2.75) is 25.8 Å². The normalized spacial score (nSPS) is 12.2. The van der Waals surface area contributed by atoms with Crippen molar-refractivity contribution >= 4 is 28.3 Å². The number of halogens is 1. The molecule has 0 saturated carbocycles. The fourth-order valence-corrected chi connectivity index (χ4v) is 2.31. The number of carbonyl (C=O) groups excluding carboxylic acids is 1. The Morgan fingerprint density at radius 1 is 1.71 bits per heavy atom. The van der Waals surface area contributed by atoms with Crippen LogP contribution in [0.4, 0.5) is 0 Å². The lowest BCUT2D eigenvalue weighted by Crippen LogP contribution is -2.38. The summed E-state index contributed by atoms with van der Waals surface area (Å²) in [6, 6.07) is -0.941. The van der Waals surface area contributed by atoms with E-state index in [0.29, 0.717) is 6.41 Å². The van der Waals surface area contributed by atoms with Crippen LogP contribution in [-0.4, -0.2) is 33.3 Å². The van der Waals surface area contributed by atoms with E-state index in [9.17, 15) is 9.59 Å². The molecule has 6 nitrogen and oxygen atoms in total. The second kappa shape index (κ2) is 5.81. The summed E-state index contributed by atoms with van der Waals surface area (Å²) in [5.74, 6) is -1.07. The maximum atomic E-state index is 10.9. The zero-order valence-corrected chi connectivity index (χ0v) is 11.2. The first-order valence-corrected chi connectivity index (χ1v) is 5.93. The molecule has 2 N–H and O–H groups in total. The zero-order chi connectivity index (χ0) is 13.0. The summed E-state index contributed by atoms with van der Waals surface area (Å²) in [7, 11) is 1.75. The molecule has 1 heterocycles. The van der Waals surface area contributed by atoms with Gasteiger partial charge in [-0.3, -0.25) is 9.48 Å². The molecular weight excluding hydrogens is 290 g/mol. The molecule has 0 fully saturated rings. The first-order chi connectivity index (χ1) is 8.01. The number of aliphatic carboxylic acids is 1. The minimum absolute atomic E-state index is 0.193. The molecule has 17 heavy (non-hydrogen) atoms. The SMILES string of the molecule is CCc1nn(C)c(CC(NC=O)C(=O)O)c1Br. The Labute approximate surface area is 107 Å². The van der Waals surface area contributed by atoms with E-state index in [4.69, 9.17) is 5.11 Å². The molecular formula is C10H14BrN3O3. The van der Waals surface area contributed by atoms with Gasteiger partial charge in [-0.2, -0.15) is 5.10 Å². The van der Waals surface area contributed by atoms with E-state index in [1.807, 2.05) is 6.92 Å². The Kier molecular flexibility index (Phi) is 4.68. The molecule has 94 valence electrons. The number of rotatable bonds is 6. The van der Waals surface area contributed by atoms with Crippen LogP contribution in [0.1, 0.15) is 18.3 Å². The molecule has 0 aromatic carbocycles. The third kappa shape index (κ3) is 3.06. The third-order valence-corrected chi connectivity index (χ3v) is 3.38. The number of amides is 1. The molecule has 1 amide bonds. The van der Waals surface area contributed by atoms with Gasteiger partial charge in [-0.25, -0.2) is 4.79 Å². The molecule has 0 bridgehead atoms. The molecule has 1 aromatic heterocycles. The lowest BCUT2D eigenvalue weighted by atomic mass is 10.1. The quantitative estimate of drug-likeness (QED) is 0.749. The Bertz CT molecular complexity index is 431. The van der Waals surface area contributed by atoms with Crippen molar-refractivity contribution in [3.63, 3.8) is 0 Å². The van der Waals surface area contributed by atoms with E-state index in [2.05, 4.69) is 26.3 Å². The summed E-state index contributed by atoms with van der Waals surface area (Å²) in [4.78, 5) is 21.3. The highest BCUT2D eigenvalue weighted by Gasteiger charge is 2.22. The largest absolute Gasteiger partial charge is 0.480 e. The number of aromatic nitrogens is 2. The van der Waals surface area contributed by atoms with Crippen molar-refractivity contribution in [3.8, 4) is 0 Å². The van der Waals surface area contributed by atoms with Crippen LogP contribution in [0.15, 0.2) is 4.47 Å². The second-order valence-corrected chi connectivity index (χ2v) is 4.36. The number of carboxylic acid groups (broad SMARTS) is 1. The van der Waals surface area contributed by atoms with Crippen molar-refractivity contribution < 1.29 is 14.7 Å². The second-order valence-electron chi connectivity index (χ2n) is 3.56. The summed E-state index contributed by atoms with van der Waals surface area (Å²) >= 11 is 3.40. The van der Waals surface area contributed by atoms with Gasteiger partial charge in [0.2, 0.25) is 6.41 Å². The monoisotopic (exact) mass is 303 g/mol. The standard InChI is InChI=1S/C10H14BrN3O3/c1-3-6-9(11)8(14(2)13-6)4-7(10(16)17)12-5-15/h5,7H,3-4H2,1-2H3,(H,12,15)(H,16,17). The predicted molar refractivity (Wildman–Crippen MR) is 64.6 cm³/mol. The molecule has 1 rings (SSSR count). The van der Waals surface area contributed by atoms with Gasteiger partial charge >= 0.3 is 5.97 Å². The molecule has 7 heteroatoms. The molecule has 0 aliphatic rings. The lowest BCUT2D eigenvalue weighted by molar-refractivity contribution is -0.140. The molecule has 1 aromatic rings. The van der Waals surface area contributed by atoms with Crippen LogP contribution in [0.3, 0.4) is 0 Å². The predicted octanol–water partition coefficient (Wildman–Crippen LogP) is 0.487. The minimum Gasteiger partial charge on any atom is -0.480 e. The van der Waals surface area contributed by atoms with Gasteiger partial charge in [0.1, 0.15) is 6.04 Å². The molecule has 0 spiro atoms. The fourth-order valence-electron chi connectivity index (χ4n) is 1.53. The molecule has 0 aliphatic heterocycles. The highest BCUT2D eigenvalue weighted by molar-refractivity contribution is 9.10. The van der Waals surface area contributed by atoms with Crippen LogP contribution >= 0.6 is 15.9 Å². The molecule has 0 saturated heterocycles. The number of carboxylic acids is 1. The summed E-state index contributed by atoms with van der Waals surface area (Å²) in [6.07, 6.45) is 1.34. The van der Waals surface area contributed by atoms with E-state index in [-0.39, 0.29) is 6.42 Å². The summed E-state index contributed by atoms with van der Waals surface area (Å²) in [6.45, 7) is 1.97. The van der Waals surface area contributed by atoms with Crippen LogP contribution in [0.25, 0.3) is 0 Å². The summed E-state index contributed by atoms with van der Waals surface area (Å²) < 4.78 is 2.44. The Morgan fingerprint density at radius 2 is 2.35 bits per heavy atom. The Morgan fingerprint density at radius 3 is 2.76 bits per heavy atom. The van der Waals surface area contributed by atoms with Gasteiger partial charge in [-0.05, 0) is 22.4 Å². The van der Waals surface area contributed by atoms with E-state index < -0.39 is 12.0 Å². The lowest BCUT2D eigenvalue weighted by Gasteiger charge is -2.11. The highest BCUT2D eigenvalue weighted by Crippen LogP contribution is 2.22. The van der Waals surface area contributed by atoms with Crippen molar-refractivity contribution in [2.24, 2.45) is 7.05 Å². The van der Waals surface area contributed by atoms with Crippen molar-refractivity contribution in [1.29, 1.82) is 0 Å². The average Bonchev–Trinajstić information content (AvgIpc) is 2.55. The smallest absolute Gasteiger partial charge is 0.326 e. The molecule has 1 atom stereocenters. The Balaban J connectivity index is 2.96. The van der Waals surface area contributed by atoms with Gasteiger partial charge in [-0.15, -0.1) is 0 Å². The summed E-state index contributed by atoms with van der Waals surface area (Å²) in [5, 5.41) is 15.5. The maximum Gasteiger partial charge on any atom is 0.326 e. The zero-order valence-electron chi connectivity index (χ0n) is 9.61. The van der Waals surface area contributed by atoms with E-state index in [0.717, 1.165) is 22.3 Å². The van der Waals surface area contributed by atoms with Crippen molar-refractivity contribution in [2.75, 3.05) is 0 Å². The van der Waals surface area contributed by atoms with Crippen LogP contribution in [0.2, 0.25) is 0 Å². The van der Waals surface area contributed by atoms with Crippen LogP contribution in [-0.2, 0) is 29.5 Å². The first kappa shape index (κ1) is 13.7. The van der Waals surface area contributed by atoms with Crippen molar-refractivity contribution in [1.82, 2.24) is 15.1 Å². The topological polar surface area (TPSA) is 84.2 Å². The number of hydrogen-bond donors (Lipinski definition) is 2. The number of aryl methyl sites for hydroxylation is 2. The maximum absolute atomic E-state index is 10.9. The van der Waals surface area contributed by atoms with Gasteiger partial charge in [0.25, 0.3) is 0 Å². The van der Waals surface area contributed by atoms with E-state index >= 15 is 0 Å². The van der Waals surface area contributed by atoms with Gasteiger partial charge in [-0.1, -0.05) is 6.92 Å². The average molecular weight is 304 g/mol. The first-order valence-electron chi connectivity index (χ1n) is 5.14. The van der Waals surface area contributed by atoms with Gasteiger partial charge < -0.3 is 10.4 Å². The van der Waals surface area contributed by atoms with E-state index in [1.165, 1.54) is 0 Å². The fraction of sp³-hybridized carbons (Fsp3) is 0.500. The number of nitrogens with one attached hydrogen (secondary N) is 1. The number of nitrogens with zero attached hydrogens (tertiary/aromatic N) is 2. The minimum atomic E-state index is -1.07. The highest BCUT2D eigenvalue weighted by atomic mass is 79.9. The van der Waals surface area contributed by atoms with Gasteiger partial charge in [0.05, 0.1) is 15.9 Å². The van der Waals surface area contributed by atoms with E-state index in [1.54, 1.807) is 11.7 Å². The third-order valence-electron chi connectivity index (χ3n) is 2.47. The number of carbonyl (C=O) groups is 2. The molecule has 0 radical (unpaired) electrons. The van der Waals surface area contributed by atoms with Crippen molar-refractivity contribution in [3.05, 3.63) is 15.9 Å².